The minimum atomic E-state index is 0.0440. The molecule has 0 radical (unpaired) electrons. The molecule has 2 aliphatic carbocycles. The number of rotatable bonds is 2. The zero-order chi connectivity index (χ0) is 21.3. The standard InChI is InChI=1S/C27H28N2O2/c1-15-14-31-25-18-11-12-19-16(9-7-13-27(19,2)3)22(18)24-23(21(15)25)28-26(29-24)17-8-5-6-10-20(17)30-4/h5-6,8,10-12,14,23-24H,7,9,13H2,1-4H3,(H,28,29). The molecule has 2 atom stereocenters. The zero-order valence-electron chi connectivity index (χ0n) is 18.6. The van der Waals surface area contributed by atoms with E-state index in [9.17, 15) is 0 Å². The first-order valence-electron chi connectivity index (χ1n) is 11.2. The number of hydrogen-bond donors (Lipinski definition) is 1. The van der Waals surface area contributed by atoms with Gasteiger partial charge < -0.3 is 14.5 Å². The van der Waals surface area contributed by atoms with Gasteiger partial charge in [-0.3, -0.25) is 4.99 Å². The highest BCUT2D eigenvalue weighted by molar-refractivity contribution is 6.03. The van der Waals surface area contributed by atoms with Gasteiger partial charge in [0.15, 0.2) is 0 Å². The Morgan fingerprint density at radius 1 is 1.10 bits per heavy atom. The largest absolute Gasteiger partial charge is 0.496 e. The van der Waals surface area contributed by atoms with E-state index < -0.39 is 0 Å². The number of furan rings is 1. The van der Waals surface area contributed by atoms with E-state index in [0.717, 1.165) is 29.3 Å². The van der Waals surface area contributed by atoms with Crippen LogP contribution in [0.25, 0.3) is 11.3 Å². The molecular formula is C27H28N2O2. The van der Waals surface area contributed by atoms with E-state index in [1.807, 2.05) is 24.5 Å². The Bertz CT molecular complexity index is 1230. The van der Waals surface area contributed by atoms with Crippen molar-refractivity contribution in [3.63, 3.8) is 0 Å². The molecule has 0 saturated carbocycles. The molecule has 4 heteroatoms. The molecular weight excluding hydrogens is 384 g/mol. The van der Waals surface area contributed by atoms with E-state index in [-0.39, 0.29) is 17.5 Å². The Balaban J connectivity index is 1.60. The first-order valence-corrected chi connectivity index (χ1v) is 11.2. The molecule has 4 nitrogen and oxygen atoms in total. The molecule has 158 valence electrons. The Labute approximate surface area is 183 Å². The summed E-state index contributed by atoms with van der Waals surface area (Å²) >= 11 is 0. The highest BCUT2D eigenvalue weighted by Gasteiger charge is 2.44. The number of benzene rings is 2. The molecule has 3 aromatic rings. The quantitative estimate of drug-likeness (QED) is 0.559. The summed E-state index contributed by atoms with van der Waals surface area (Å²) in [5.74, 6) is 2.75. The van der Waals surface area contributed by atoms with Crippen LogP contribution in [0.15, 0.2) is 52.1 Å². The predicted octanol–water partition coefficient (Wildman–Crippen LogP) is 6.02. The van der Waals surface area contributed by atoms with Crippen LogP contribution in [0.4, 0.5) is 0 Å². The van der Waals surface area contributed by atoms with Crippen LogP contribution < -0.4 is 10.1 Å². The third-order valence-electron chi connectivity index (χ3n) is 7.43. The van der Waals surface area contributed by atoms with Crippen LogP contribution in [0.3, 0.4) is 0 Å². The van der Waals surface area contributed by atoms with Crippen molar-refractivity contribution in [1.82, 2.24) is 5.32 Å². The normalized spacial score (nSPS) is 22.5. The highest BCUT2D eigenvalue weighted by atomic mass is 16.5. The van der Waals surface area contributed by atoms with Crippen LogP contribution in [0.1, 0.15) is 72.2 Å². The van der Waals surface area contributed by atoms with Crippen LogP contribution in [0.5, 0.6) is 5.75 Å². The van der Waals surface area contributed by atoms with Crippen molar-refractivity contribution in [1.29, 1.82) is 0 Å². The zero-order valence-corrected chi connectivity index (χ0v) is 18.6. The van der Waals surface area contributed by atoms with Crippen LogP contribution in [-0.2, 0) is 11.8 Å². The van der Waals surface area contributed by atoms with Crippen LogP contribution >= 0.6 is 0 Å². The van der Waals surface area contributed by atoms with Gasteiger partial charge >= 0.3 is 0 Å². The first kappa shape index (κ1) is 18.7. The maximum absolute atomic E-state index is 6.13. The molecule has 0 saturated heterocycles. The van der Waals surface area contributed by atoms with Crippen molar-refractivity contribution in [3.05, 3.63) is 76.0 Å². The summed E-state index contributed by atoms with van der Waals surface area (Å²) < 4.78 is 11.8. The molecule has 3 aliphatic rings. The fraction of sp³-hybridized carbons (Fsp3) is 0.370. The van der Waals surface area contributed by atoms with Crippen LogP contribution in [0, 0.1) is 6.92 Å². The summed E-state index contributed by atoms with van der Waals surface area (Å²) in [5.41, 5.74) is 9.15. The smallest absolute Gasteiger partial charge is 0.139 e. The summed E-state index contributed by atoms with van der Waals surface area (Å²) in [5, 5.41) is 3.75. The first-order chi connectivity index (χ1) is 15.0. The van der Waals surface area contributed by atoms with Crippen molar-refractivity contribution in [2.75, 3.05) is 7.11 Å². The number of methoxy groups -OCH3 is 1. The summed E-state index contributed by atoms with van der Waals surface area (Å²) in [4.78, 5) is 5.29. The number of hydrogen-bond acceptors (Lipinski definition) is 4. The highest BCUT2D eigenvalue weighted by Crippen LogP contribution is 2.54. The Kier molecular flexibility index (Phi) is 3.92. The molecule has 0 spiro atoms. The lowest BCUT2D eigenvalue weighted by molar-refractivity contribution is 0.413. The predicted molar refractivity (Wildman–Crippen MR) is 123 cm³/mol. The number of fused-ring (bicyclic) bond motifs is 8. The SMILES string of the molecule is COc1ccccc1C1=NC2c3c(ccc4c3CCCC4(C)C)-c3occ(C)c3C2N1. The molecule has 2 aromatic carbocycles. The number of ether oxygens (including phenoxy) is 1. The maximum atomic E-state index is 6.13. The van der Waals surface area contributed by atoms with Gasteiger partial charge in [0.05, 0.1) is 25.0 Å². The fourth-order valence-corrected chi connectivity index (χ4v) is 5.92. The summed E-state index contributed by atoms with van der Waals surface area (Å²) in [7, 11) is 1.72. The number of para-hydroxylation sites is 1. The molecule has 0 bridgehead atoms. The van der Waals surface area contributed by atoms with Gasteiger partial charge in [0.1, 0.15) is 23.4 Å². The van der Waals surface area contributed by atoms with Gasteiger partial charge in [0, 0.05) is 11.1 Å². The minimum absolute atomic E-state index is 0.0440. The number of nitrogens with zero attached hydrogens (tertiary/aromatic N) is 1. The molecule has 1 aromatic heterocycles. The van der Waals surface area contributed by atoms with E-state index in [1.165, 1.54) is 46.2 Å². The summed E-state index contributed by atoms with van der Waals surface area (Å²) in [6, 6.07) is 12.8. The molecule has 6 rings (SSSR count). The average Bonchev–Trinajstić information content (AvgIpc) is 3.37. The van der Waals surface area contributed by atoms with Crippen molar-refractivity contribution in [3.8, 4) is 17.1 Å². The second-order valence-corrected chi connectivity index (χ2v) is 9.70. The topological polar surface area (TPSA) is 46.8 Å². The van der Waals surface area contributed by atoms with E-state index in [2.05, 4.69) is 44.3 Å². The minimum Gasteiger partial charge on any atom is -0.496 e. The molecule has 31 heavy (non-hydrogen) atoms. The lowest BCUT2D eigenvalue weighted by atomic mass is 9.68. The van der Waals surface area contributed by atoms with Crippen LogP contribution in [0.2, 0.25) is 0 Å². The second kappa shape index (κ2) is 6.49. The van der Waals surface area contributed by atoms with Gasteiger partial charge in [-0.05, 0) is 66.0 Å². The van der Waals surface area contributed by atoms with Gasteiger partial charge in [-0.1, -0.05) is 38.1 Å². The van der Waals surface area contributed by atoms with Crippen molar-refractivity contribution >= 4 is 5.84 Å². The maximum Gasteiger partial charge on any atom is 0.139 e. The average molecular weight is 413 g/mol. The molecule has 0 fully saturated rings. The molecule has 0 amide bonds. The van der Waals surface area contributed by atoms with Crippen molar-refractivity contribution in [2.45, 2.75) is 57.5 Å². The Morgan fingerprint density at radius 3 is 2.77 bits per heavy atom. The van der Waals surface area contributed by atoms with Crippen molar-refractivity contribution < 1.29 is 9.15 Å². The fourth-order valence-electron chi connectivity index (χ4n) is 5.92. The van der Waals surface area contributed by atoms with Gasteiger partial charge in [0.2, 0.25) is 0 Å². The lowest BCUT2D eigenvalue weighted by Crippen LogP contribution is -2.30. The lowest BCUT2D eigenvalue weighted by Gasteiger charge is -2.37. The monoisotopic (exact) mass is 412 g/mol. The van der Waals surface area contributed by atoms with E-state index >= 15 is 0 Å². The van der Waals surface area contributed by atoms with Crippen molar-refractivity contribution in [2.24, 2.45) is 4.99 Å². The Hall–Kier alpha value is -3.01. The third-order valence-corrected chi connectivity index (χ3v) is 7.43. The number of nitrogens with one attached hydrogen (secondary N) is 1. The number of aliphatic imine (C=N–C) groups is 1. The molecule has 2 unspecified atom stereocenters. The summed E-state index contributed by atoms with van der Waals surface area (Å²) in [6.07, 6.45) is 5.45. The van der Waals surface area contributed by atoms with E-state index in [0.29, 0.717) is 0 Å². The van der Waals surface area contributed by atoms with E-state index in [1.54, 1.807) is 7.11 Å². The molecule has 2 heterocycles. The number of amidine groups is 1. The Morgan fingerprint density at radius 2 is 1.94 bits per heavy atom. The molecule has 1 aliphatic heterocycles. The van der Waals surface area contributed by atoms with Gasteiger partial charge in [-0.15, -0.1) is 0 Å². The van der Waals surface area contributed by atoms with E-state index in [4.69, 9.17) is 14.1 Å². The van der Waals surface area contributed by atoms with Gasteiger partial charge in [-0.25, -0.2) is 0 Å². The summed E-state index contributed by atoms with van der Waals surface area (Å²) in [6.45, 7) is 6.88. The van der Waals surface area contributed by atoms with Crippen LogP contribution in [-0.4, -0.2) is 12.9 Å². The van der Waals surface area contributed by atoms with Gasteiger partial charge in [0.25, 0.3) is 0 Å². The van der Waals surface area contributed by atoms with Gasteiger partial charge in [-0.2, -0.15) is 0 Å². The third kappa shape index (κ3) is 2.57. The number of aryl methyl sites for hydroxylation is 1. The molecule has 1 N–H and O–H groups in total. The second-order valence-electron chi connectivity index (χ2n) is 9.70.